The lowest BCUT2D eigenvalue weighted by molar-refractivity contribution is 0.416. The Kier molecular flexibility index (Phi) is 4.55. The Morgan fingerprint density at radius 3 is 2.44 bits per heavy atom. The summed E-state index contributed by atoms with van der Waals surface area (Å²) >= 11 is 0. The predicted octanol–water partition coefficient (Wildman–Crippen LogP) is 5.42. The van der Waals surface area contributed by atoms with Crippen molar-refractivity contribution in [3.63, 3.8) is 0 Å². The Balaban J connectivity index is 1.81. The van der Waals surface area contributed by atoms with Crippen molar-refractivity contribution in [2.45, 2.75) is 26.2 Å². The van der Waals surface area contributed by atoms with Gasteiger partial charge in [0.25, 0.3) is 0 Å². The molecule has 162 valence electrons. The van der Waals surface area contributed by atoms with E-state index in [9.17, 15) is 5.11 Å². The molecule has 0 aliphatic carbocycles. The van der Waals surface area contributed by atoms with E-state index in [1.165, 1.54) is 0 Å². The van der Waals surface area contributed by atoms with Crippen molar-refractivity contribution in [1.29, 1.82) is 0 Å². The number of hydrogen-bond donors (Lipinski definition) is 3. The lowest BCUT2D eigenvalue weighted by Crippen LogP contribution is -2.12. The Morgan fingerprint density at radius 2 is 1.78 bits per heavy atom. The molecule has 0 fully saturated rings. The van der Waals surface area contributed by atoms with Crippen molar-refractivity contribution in [2.24, 2.45) is 0 Å². The molecule has 0 radical (unpaired) electrons. The van der Waals surface area contributed by atoms with E-state index in [0.29, 0.717) is 5.52 Å². The fourth-order valence-corrected chi connectivity index (χ4v) is 4.14. The third kappa shape index (κ3) is 3.05. The number of methoxy groups -OCH3 is 1. The topological polar surface area (TPSA) is 91.8 Å². The van der Waals surface area contributed by atoms with Crippen LogP contribution in [-0.2, 0) is 5.41 Å². The molecule has 0 saturated carbocycles. The van der Waals surface area contributed by atoms with Gasteiger partial charge in [-0.25, -0.2) is 4.98 Å². The number of fused-ring (bicyclic) bond motifs is 1. The normalized spacial score (nSPS) is 11.9. The van der Waals surface area contributed by atoms with E-state index in [1.54, 1.807) is 19.5 Å². The first-order valence-electron chi connectivity index (χ1n) is 10.5. The van der Waals surface area contributed by atoms with E-state index < -0.39 is 0 Å². The molecule has 3 heterocycles. The van der Waals surface area contributed by atoms with Gasteiger partial charge < -0.3 is 14.8 Å². The first-order valence-corrected chi connectivity index (χ1v) is 10.5. The summed E-state index contributed by atoms with van der Waals surface area (Å²) in [7, 11) is 1.65. The molecule has 32 heavy (non-hydrogen) atoms. The van der Waals surface area contributed by atoms with E-state index in [2.05, 4.69) is 40.9 Å². The quantitative estimate of drug-likeness (QED) is 0.357. The Labute approximate surface area is 185 Å². The van der Waals surface area contributed by atoms with Crippen LogP contribution in [0.2, 0.25) is 0 Å². The fourth-order valence-electron chi connectivity index (χ4n) is 4.14. The number of imidazole rings is 1. The predicted molar refractivity (Wildman–Crippen MR) is 125 cm³/mol. The number of nitrogens with zero attached hydrogens (tertiary/aromatic N) is 3. The van der Waals surface area contributed by atoms with E-state index >= 15 is 0 Å². The van der Waals surface area contributed by atoms with Crippen molar-refractivity contribution < 1.29 is 9.84 Å². The monoisotopic (exact) mass is 427 g/mol. The van der Waals surface area contributed by atoms with Crippen LogP contribution in [0.4, 0.5) is 0 Å². The highest BCUT2D eigenvalue weighted by Gasteiger charge is 2.30. The zero-order chi connectivity index (χ0) is 22.5. The van der Waals surface area contributed by atoms with Crippen LogP contribution in [0.1, 0.15) is 26.5 Å². The summed E-state index contributed by atoms with van der Waals surface area (Å²) in [5.74, 6) is 1.63. The first-order chi connectivity index (χ1) is 15.4. The molecule has 3 N–H and O–H groups in total. The second kappa shape index (κ2) is 7.30. The number of aromatic nitrogens is 5. The van der Waals surface area contributed by atoms with E-state index in [0.717, 1.165) is 45.2 Å². The van der Waals surface area contributed by atoms with Crippen LogP contribution in [0, 0.1) is 0 Å². The Morgan fingerprint density at radius 1 is 1.03 bits per heavy atom. The average Bonchev–Trinajstić information content (AvgIpc) is 3.51. The van der Waals surface area contributed by atoms with E-state index in [-0.39, 0.29) is 11.3 Å². The number of rotatable bonds is 4. The molecule has 0 atom stereocenters. The summed E-state index contributed by atoms with van der Waals surface area (Å²) in [4.78, 5) is 7.44. The molecule has 5 aromatic rings. The summed E-state index contributed by atoms with van der Waals surface area (Å²) in [5.41, 5.74) is 4.76. The van der Waals surface area contributed by atoms with Gasteiger partial charge in [0.15, 0.2) is 0 Å². The van der Waals surface area contributed by atoms with Crippen LogP contribution in [0.25, 0.3) is 39.2 Å². The summed E-state index contributed by atoms with van der Waals surface area (Å²) in [5, 5.41) is 19.8. The maximum atomic E-state index is 11.3. The third-order valence-corrected chi connectivity index (χ3v) is 5.63. The lowest BCUT2D eigenvalue weighted by Gasteiger charge is -2.18. The molecule has 3 aromatic heterocycles. The summed E-state index contributed by atoms with van der Waals surface area (Å²) < 4.78 is 7.53. The number of aromatic amines is 2. The zero-order valence-corrected chi connectivity index (χ0v) is 18.5. The van der Waals surface area contributed by atoms with Crippen molar-refractivity contribution in [2.75, 3.05) is 7.11 Å². The third-order valence-electron chi connectivity index (χ3n) is 5.63. The van der Waals surface area contributed by atoms with Gasteiger partial charge >= 0.3 is 0 Å². The summed E-state index contributed by atoms with van der Waals surface area (Å²) in [6, 6.07) is 15.7. The van der Waals surface area contributed by atoms with Crippen molar-refractivity contribution in [1.82, 2.24) is 24.7 Å². The maximum absolute atomic E-state index is 11.3. The smallest absolute Gasteiger partial charge is 0.222 e. The standard InChI is InChI=1S/C25H25N5O2/c1-25(2,3)22-19-20(28-29-22)24(31)30(21(19)17-7-5-6-8-18(17)32-4)16-11-9-15(10-12-16)23-26-13-14-27-23/h5-14,28,31H,1-4H3,(H,26,27). The zero-order valence-electron chi connectivity index (χ0n) is 18.5. The van der Waals surface area contributed by atoms with Crippen molar-refractivity contribution in [3.8, 4) is 40.0 Å². The van der Waals surface area contributed by atoms with Crippen LogP contribution in [-0.4, -0.2) is 36.9 Å². The molecule has 7 nitrogen and oxygen atoms in total. The average molecular weight is 428 g/mol. The number of hydrogen-bond acceptors (Lipinski definition) is 4. The van der Waals surface area contributed by atoms with Crippen LogP contribution >= 0.6 is 0 Å². The second-order valence-corrected chi connectivity index (χ2v) is 8.76. The molecule has 0 unspecified atom stereocenters. The number of benzene rings is 2. The molecule has 0 saturated heterocycles. The van der Waals surface area contributed by atoms with Gasteiger partial charge in [0, 0.05) is 34.6 Å². The molecule has 7 heteroatoms. The molecular weight excluding hydrogens is 402 g/mol. The highest BCUT2D eigenvalue weighted by Crippen LogP contribution is 2.46. The molecule has 0 aliphatic heterocycles. The second-order valence-electron chi connectivity index (χ2n) is 8.76. The number of aromatic hydroxyl groups is 1. The van der Waals surface area contributed by atoms with Gasteiger partial charge in [-0.15, -0.1) is 0 Å². The fraction of sp³-hybridized carbons (Fsp3) is 0.200. The minimum absolute atomic E-state index is 0.106. The van der Waals surface area contributed by atoms with Crippen molar-refractivity contribution >= 4 is 10.9 Å². The van der Waals surface area contributed by atoms with Gasteiger partial charge in [0.05, 0.1) is 23.9 Å². The van der Waals surface area contributed by atoms with Crippen LogP contribution in [0.5, 0.6) is 11.6 Å². The highest BCUT2D eigenvalue weighted by atomic mass is 16.5. The molecule has 2 aromatic carbocycles. The number of H-pyrrole nitrogens is 2. The van der Waals surface area contributed by atoms with Crippen LogP contribution < -0.4 is 4.74 Å². The van der Waals surface area contributed by atoms with Gasteiger partial charge in [0.1, 0.15) is 17.1 Å². The largest absolute Gasteiger partial charge is 0.496 e. The SMILES string of the molecule is COc1ccccc1-c1c2c(C(C)(C)C)n[nH]c2c(O)n1-c1ccc(-c2ncc[nH]2)cc1. The molecule has 0 amide bonds. The van der Waals surface area contributed by atoms with Gasteiger partial charge in [0.2, 0.25) is 5.88 Å². The molecular formula is C25H25N5O2. The molecule has 0 bridgehead atoms. The van der Waals surface area contributed by atoms with Gasteiger partial charge in [-0.1, -0.05) is 32.9 Å². The number of para-hydroxylation sites is 1. The summed E-state index contributed by atoms with van der Waals surface area (Å²) in [6.07, 6.45) is 3.52. The van der Waals surface area contributed by atoms with Gasteiger partial charge in [-0.2, -0.15) is 5.10 Å². The van der Waals surface area contributed by atoms with Gasteiger partial charge in [-0.05, 0) is 36.4 Å². The number of ether oxygens (including phenoxy) is 1. The highest BCUT2D eigenvalue weighted by molar-refractivity contribution is 6.02. The first kappa shape index (κ1) is 19.9. The van der Waals surface area contributed by atoms with Crippen LogP contribution in [0.3, 0.4) is 0 Å². The van der Waals surface area contributed by atoms with E-state index in [1.807, 2.05) is 53.1 Å². The minimum Gasteiger partial charge on any atom is -0.496 e. The Bertz CT molecular complexity index is 1390. The van der Waals surface area contributed by atoms with E-state index in [4.69, 9.17) is 4.74 Å². The summed E-state index contributed by atoms with van der Waals surface area (Å²) in [6.45, 7) is 6.34. The van der Waals surface area contributed by atoms with Crippen LogP contribution in [0.15, 0.2) is 60.9 Å². The molecule has 0 spiro atoms. The molecule has 0 aliphatic rings. The maximum Gasteiger partial charge on any atom is 0.222 e. The molecule has 5 rings (SSSR count). The lowest BCUT2D eigenvalue weighted by atomic mass is 9.89. The Hall–Kier alpha value is -4.00. The van der Waals surface area contributed by atoms with Gasteiger partial charge in [-0.3, -0.25) is 9.67 Å². The number of nitrogens with one attached hydrogen (secondary N) is 2. The minimum atomic E-state index is -0.225. The van der Waals surface area contributed by atoms with Crippen molar-refractivity contribution in [3.05, 3.63) is 66.6 Å².